The highest BCUT2D eigenvalue weighted by molar-refractivity contribution is 6.31. The number of rotatable bonds is 5. The van der Waals surface area contributed by atoms with Crippen LogP contribution in [-0.2, 0) is 6.54 Å². The number of aliphatic hydroxyl groups is 1. The molecule has 0 amide bonds. The normalized spacial score (nSPS) is 10.5. The number of hydrogen-bond donors (Lipinski definition) is 2. The van der Waals surface area contributed by atoms with Crippen molar-refractivity contribution in [3.05, 3.63) is 34.6 Å². The standard InChI is InChI=1S/C10H13ClFNO/c11-10-3-2-9(12)6-8(10)7-13-4-1-5-14/h2-3,6,13-14H,1,4-5,7H2. The second-order valence-corrected chi connectivity index (χ2v) is 3.40. The Bertz CT molecular complexity index is 293. The van der Waals surface area contributed by atoms with Gasteiger partial charge in [-0.1, -0.05) is 11.6 Å². The summed E-state index contributed by atoms with van der Waals surface area (Å²) in [6.45, 7) is 1.38. The molecule has 0 radical (unpaired) electrons. The topological polar surface area (TPSA) is 32.3 Å². The van der Waals surface area contributed by atoms with Crippen LogP contribution in [0.25, 0.3) is 0 Å². The zero-order chi connectivity index (χ0) is 10.4. The van der Waals surface area contributed by atoms with Crippen LogP contribution in [0.5, 0.6) is 0 Å². The van der Waals surface area contributed by atoms with E-state index in [0.717, 1.165) is 5.56 Å². The molecule has 0 saturated carbocycles. The summed E-state index contributed by atoms with van der Waals surface area (Å²) in [6, 6.07) is 4.29. The molecule has 0 aliphatic heterocycles. The van der Waals surface area contributed by atoms with Gasteiger partial charge in [0.1, 0.15) is 5.82 Å². The van der Waals surface area contributed by atoms with Gasteiger partial charge in [-0.05, 0) is 36.7 Å². The molecule has 0 atom stereocenters. The highest BCUT2D eigenvalue weighted by Gasteiger charge is 2.00. The van der Waals surface area contributed by atoms with Crippen molar-refractivity contribution in [3.63, 3.8) is 0 Å². The molecule has 1 aromatic rings. The lowest BCUT2D eigenvalue weighted by molar-refractivity contribution is 0.286. The van der Waals surface area contributed by atoms with Crippen molar-refractivity contribution in [1.29, 1.82) is 0 Å². The second-order valence-electron chi connectivity index (χ2n) is 2.99. The zero-order valence-electron chi connectivity index (χ0n) is 7.76. The first-order valence-corrected chi connectivity index (χ1v) is 4.87. The molecule has 0 aliphatic rings. The van der Waals surface area contributed by atoms with Gasteiger partial charge in [0.05, 0.1) is 0 Å². The van der Waals surface area contributed by atoms with Crippen molar-refractivity contribution in [2.75, 3.05) is 13.2 Å². The van der Waals surface area contributed by atoms with Crippen molar-refractivity contribution in [1.82, 2.24) is 5.32 Å². The van der Waals surface area contributed by atoms with Crippen LogP contribution in [0.4, 0.5) is 4.39 Å². The van der Waals surface area contributed by atoms with E-state index in [2.05, 4.69) is 5.32 Å². The van der Waals surface area contributed by atoms with Crippen LogP contribution in [0.1, 0.15) is 12.0 Å². The van der Waals surface area contributed by atoms with Gasteiger partial charge >= 0.3 is 0 Å². The quantitative estimate of drug-likeness (QED) is 0.739. The van der Waals surface area contributed by atoms with Gasteiger partial charge in [0.15, 0.2) is 0 Å². The van der Waals surface area contributed by atoms with Crippen LogP contribution < -0.4 is 5.32 Å². The Kier molecular flexibility index (Phi) is 4.87. The molecule has 1 rings (SSSR count). The average Bonchev–Trinajstić information content (AvgIpc) is 2.18. The number of hydrogen-bond acceptors (Lipinski definition) is 2. The third-order valence-corrected chi connectivity index (χ3v) is 2.20. The lowest BCUT2D eigenvalue weighted by Gasteiger charge is -2.05. The molecule has 0 saturated heterocycles. The minimum atomic E-state index is -0.284. The van der Waals surface area contributed by atoms with Gasteiger partial charge in [-0.3, -0.25) is 0 Å². The van der Waals surface area contributed by atoms with E-state index in [1.54, 1.807) is 6.07 Å². The summed E-state index contributed by atoms with van der Waals surface area (Å²) in [7, 11) is 0. The number of benzene rings is 1. The summed E-state index contributed by atoms with van der Waals surface area (Å²) >= 11 is 5.85. The smallest absolute Gasteiger partial charge is 0.123 e. The minimum Gasteiger partial charge on any atom is -0.396 e. The van der Waals surface area contributed by atoms with E-state index in [4.69, 9.17) is 16.7 Å². The molecule has 78 valence electrons. The number of nitrogens with one attached hydrogen (secondary N) is 1. The first-order valence-electron chi connectivity index (χ1n) is 4.49. The van der Waals surface area contributed by atoms with E-state index in [1.165, 1.54) is 12.1 Å². The lowest BCUT2D eigenvalue weighted by atomic mass is 10.2. The third-order valence-electron chi connectivity index (χ3n) is 1.83. The maximum absolute atomic E-state index is 12.8. The fraction of sp³-hybridized carbons (Fsp3) is 0.400. The maximum Gasteiger partial charge on any atom is 0.123 e. The van der Waals surface area contributed by atoms with E-state index < -0.39 is 0 Å². The van der Waals surface area contributed by atoms with Gasteiger partial charge in [0.25, 0.3) is 0 Å². The lowest BCUT2D eigenvalue weighted by Crippen LogP contribution is -2.16. The van der Waals surface area contributed by atoms with Crippen LogP contribution in [-0.4, -0.2) is 18.3 Å². The predicted octanol–water partition coefficient (Wildman–Crippen LogP) is 1.95. The first-order chi connectivity index (χ1) is 6.74. The molecular weight excluding hydrogens is 205 g/mol. The third kappa shape index (κ3) is 3.62. The van der Waals surface area contributed by atoms with Crippen LogP contribution in [0, 0.1) is 5.82 Å². The predicted molar refractivity (Wildman–Crippen MR) is 54.8 cm³/mol. The van der Waals surface area contributed by atoms with Crippen molar-refractivity contribution in [3.8, 4) is 0 Å². The summed E-state index contributed by atoms with van der Waals surface area (Å²) in [5.74, 6) is -0.284. The maximum atomic E-state index is 12.8. The summed E-state index contributed by atoms with van der Waals surface area (Å²) in [4.78, 5) is 0. The van der Waals surface area contributed by atoms with Crippen LogP contribution in [0.3, 0.4) is 0 Å². The van der Waals surface area contributed by atoms with Gasteiger partial charge in [0.2, 0.25) is 0 Å². The van der Waals surface area contributed by atoms with E-state index in [-0.39, 0.29) is 12.4 Å². The monoisotopic (exact) mass is 217 g/mol. The van der Waals surface area contributed by atoms with Crippen LogP contribution >= 0.6 is 11.6 Å². The molecule has 4 heteroatoms. The molecule has 2 nitrogen and oxygen atoms in total. The number of aliphatic hydroxyl groups excluding tert-OH is 1. The van der Waals surface area contributed by atoms with E-state index in [9.17, 15) is 4.39 Å². The fourth-order valence-electron chi connectivity index (χ4n) is 1.11. The molecule has 1 aromatic carbocycles. The highest BCUT2D eigenvalue weighted by Crippen LogP contribution is 2.16. The van der Waals surface area contributed by atoms with Gasteiger partial charge in [-0.25, -0.2) is 4.39 Å². The van der Waals surface area contributed by atoms with Gasteiger partial charge in [-0.2, -0.15) is 0 Å². The Hall–Kier alpha value is -0.640. The molecular formula is C10H13ClFNO. The van der Waals surface area contributed by atoms with Crippen molar-refractivity contribution >= 4 is 11.6 Å². The Morgan fingerprint density at radius 3 is 2.93 bits per heavy atom. The fourth-order valence-corrected chi connectivity index (χ4v) is 1.29. The van der Waals surface area contributed by atoms with Gasteiger partial charge < -0.3 is 10.4 Å². The molecule has 0 heterocycles. The van der Waals surface area contributed by atoms with Crippen molar-refractivity contribution < 1.29 is 9.50 Å². The Balaban J connectivity index is 2.45. The van der Waals surface area contributed by atoms with Gasteiger partial charge in [0, 0.05) is 18.2 Å². The summed E-state index contributed by atoms with van der Waals surface area (Å²) < 4.78 is 12.8. The van der Waals surface area contributed by atoms with Crippen LogP contribution in [0.15, 0.2) is 18.2 Å². The SMILES string of the molecule is OCCCNCc1cc(F)ccc1Cl. The molecule has 0 fully saturated rings. The summed E-state index contributed by atoms with van der Waals surface area (Å²) in [6.07, 6.45) is 0.687. The highest BCUT2D eigenvalue weighted by atomic mass is 35.5. The molecule has 0 aliphatic carbocycles. The largest absolute Gasteiger partial charge is 0.396 e. The Labute approximate surface area is 87.7 Å². The van der Waals surface area contributed by atoms with Crippen molar-refractivity contribution in [2.24, 2.45) is 0 Å². The van der Waals surface area contributed by atoms with Crippen LogP contribution in [0.2, 0.25) is 5.02 Å². The molecule has 0 bridgehead atoms. The molecule has 0 spiro atoms. The Morgan fingerprint density at radius 1 is 1.43 bits per heavy atom. The average molecular weight is 218 g/mol. The van der Waals surface area contributed by atoms with E-state index in [1.807, 2.05) is 0 Å². The van der Waals surface area contributed by atoms with E-state index in [0.29, 0.717) is 24.5 Å². The Morgan fingerprint density at radius 2 is 2.21 bits per heavy atom. The number of halogens is 2. The molecule has 14 heavy (non-hydrogen) atoms. The molecule has 2 N–H and O–H groups in total. The molecule has 0 aromatic heterocycles. The minimum absolute atomic E-state index is 0.157. The molecule has 0 unspecified atom stereocenters. The van der Waals surface area contributed by atoms with E-state index >= 15 is 0 Å². The first kappa shape index (κ1) is 11.4. The second kappa shape index (κ2) is 5.96. The summed E-state index contributed by atoms with van der Waals surface area (Å²) in [5.41, 5.74) is 0.740. The van der Waals surface area contributed by atoms with Gasteiger partial charge in [-0.15, -0.1) is 0 Å². The summed E-state index contributed by atoms with van der Waals surface area (Å²) in [5, 5.41) is 12.2. The van der Waals surface area contributed by atoms with Crippen molar-refractivity contribution in [2.45, 2.75) is 13.0 Å². The zero-order valence-corrected chi connectivity index (χ0v) is 8.52.